The summed E-state index contributed by atoms with van der Waals surface area (Å²) < 4.78 is 0. The number of amides is 2. The lowest BCUT2D eigenvalue weighted by molar-refractivity contribution is -0.124. The SMILES string of the molecule is C=C=C=C.C=C=C=C=C.CCN(CC)CCCNC(=O)CCC(=O)Nc1ccc2nc(N3CCC(C)CC3)cc(C)c2c1. The molecule has 1 saturated heterocycles. The number of carbonyl (C=O) groups is 2. The minimum atomic E-state index is -0.151. The van der Waals surface area contributed by atoms with E-state index in [2.05, 4.69) is 109 Å². The van der Waals surface area contributed by atoms with Gasteiger partial charge in [0.1, 0.15) is 5.82 Å². The Balaban J connectivity index is 0.000000899. The van der Waals surface area contributed by atoms with E-state index in [1.54, 1.807) is 0 Å². The van der Waals surface area contributed by atoms with Gasteiger partial charge in [-0.2, -0.15) is 0 Å². The highest BCUT2D eigenvalue weighted by molar-refractivity contribution is 5.96. The van der Waals surface area contributed by atoms with Crippen LogP contribution in [0, 0.1) is 12.8 Å². The van der Waals surface area contributed by atoms with E-state index >= 15 is 0 Å². The minimum Gasteiger partial charge on any atom is -0.357 e. The van der Waals surface area contributed by atoms with Crippen molar-refractivity contribution in [3.8, 4) is 0 Å². The summed E-state index contributed by atoms with van der Waals surface area (Å²) >= 11 is 0. The van der Waals surface area contributed by atoms with Crippen molar-refractivity contribution in [3.63, 3.8) is 0 Å². The summed E-state index contributed by atoms with van der Waals surface area (Å²) in [6, 6.07) is 7.98. The zero-order valence-electron chi connectivity index (χ0n) is 26.7. The summed E-state index contributed by atoms with van der Waals surface area (Å²) in [5.74, 6) is 1.60. The van der Waals surface area contributed by atoms with E-state index in [9.17, 15) is 9.59 Å². The monoisotopic (exact) mass is 583 g/mol. The molecule has 1 aliphatic rings. The Hall–Kier alpha value is -4.29. The molecule has 1 aromatic heterocycles. The standard InChI is InChI=1S/C27H41N5O2.C5H4.C4H4/c1-5-31(6-2)15-7-14-28-26(33)10-11-27(34)29-22-8-9-24-23(19-22)21(4)18-25(30-24)32-16-12-20(3)13-17-32;1-3-5-4-2;1-3-4-2/h8-9,18-20H,5-7,10-17H2,1-4H3,(H,28,33)(H,29,34);1-2H2;1-2H2. The van der Waals surface area contributed by atoms with Crippen molar-refractivity contribution in [2.45, 2.75) is 59.8 Å². The molecule has 2 aromatic rings. The van der Waals surface area contributed by atoms with Crippen molar-refractivity contribution >= 4 is 34.2 Å². The number of carbonyl (C=O) groups excluding carboxylic acids is 2. The fraction of sp³-hybridized carbons (Fsp3) is 0.444. The number of nitrogens with one attached hydrogen (secondary N) is 2. The molecular formula is C36H49N5O2. The first-order chi connectivity index (χ1) is 20.7. The Labute approximate surface area is 258 Å². The van der Waals surface area contributed by atoms with Gasteiger partial charge >= 0.3 is 0 Å². The van der Waals surface area contributed by atoms with Crippen LogP contribution < -0.4 is 15.5 Å². The van der Waals surface area contributed by atoms with Crippen molar-refractivity contribution < 1.29 is 9.59 Å². The number of pyridine rings is 1. The Bertz CT molecular complexity index is 1340. The first-order valence-electron chi connectivity index (χ1n) is 15.0. The molecule has 0 spiro atoms. The molecule has 7 nitrogen and oxygen atoms in total. The molecule has 0 bridgehead atoms. The highest BCUT2D eigenvalue weighted by atomic mass is 16.2. The van der Waals surface area contributed by atoms with Crippen molar-refractivity contribution in [1.29, 1.82) is 0 Å². The van der Waals surface area contributed by atoms with Gasteiger partial charge in [0.2, 0.25) is 11.8 Å². The fourth-order valence-corrected chi connectivity index (χ4v) is 4.53. The lowest BCUT2D eigenvalue weighted by Crippen LogP contribution is -2.33. The number of nitrogens with zero attached hydrogens (tertiary/aromatic N) is 3. The van der Waals surface area contributed by atoms with Gasteiger partial charge in [-0.3, -0.25) is 9.59 Å². The normalized spacial score (nSPS) is 12.2. The minimum absolute atomic E-state index is 0.0760. The maximum absolute atomic E-state index is 12.4. The molecule has 1 fully saturated rings. The van der Waals surface area contributed by atoms with Crippen molar-refractivity contribution in [1.82, 2.24) is 15.2 Å². The van der Waals surface area contributed by atoms with Crippen LogP contribution in [0.2, 0.25) is 0 Å². The predicted molar refractivity (Wildman–Crippen MR) is 180 cm³/mol. The average molecular weight is 584 g/mol. The van der Waals surface area contributed by atoms with E-state index in [4.69, 9.17) is 4.98 Å². The quantitative estimate of drug-likeness (QED) is 0.227. The predicted octanol–water partition coefficient (Wildman–Crippen LogP) is 6.73. The van der Waals surface area contributed by atoms with Gasteiger partial charge in [0, 0.05) is 43.5 Å². The summed E-state index contributed by atoms with van der Waals surface area (Å²) in [6.45, 7) is 27.2. The summed E-state index contributed by atoms with van der Waals surface area (Å²) in [7, 11) is 0. The molecule has 0 radical (unpaired) electrons. The first-order valence-corrected chi connectivity index (χ1v) is 15.0. The molecule has 2 amide bonds. The van der Waals surface area contributed by atoms with Crippen LogP contribution in [0.15, 0.2) is 79.2 Å². The second-order valence-electron chi connectivity index (χ2n) is 10.3. The largest absolute Gasteiger partial charge is 0.357 e. The van der Waals surface area contributed by atoms with Crippen LogP contribution in [0.4, 0.5) is 11.5 Å². The van der Waals surface area contributed by atoms with Crippen LogP contribution in [0.5, 0.6) is 0 Å². The summed E-state index contributed by atoms with van der Waals surface area (Å²) in [4.78, 5) is 34.0. The Morgan fingerprint density at radius 3 is 2.16 bits per heavy atom. The summed E-state index contributed by atoms with van der Waals surface area (Å²) in [5, 5.41) is 6.89. The zero-order valence-corrected chi connectivity index (χ0v) is 26.7. The highest BCUT2D eigenvalue weighted by Crippen LogP contribution is 2.28. The topological polar surface area (TPSA) is 77.6 Å². The van der Waals surface area contributed by atoms with Gasteiger partial charge in [-0.1, -0.05) is 43.7 Å². The van der Waals surface area contributed by atoms with Gasteiger partial charge in [-0.25, -0.2) is 4.98 Å². The molecule has 0 aliphatic carbocycles. The molecular weight excluding hydrogens is 534 g/mol. The first kappa shape index (κ1) is 36.7. The van der Waals surface area contributed by atoms with Crippen LogP contribution in [0.3, 0.4) is 0 Å². The van der Waals surface area contributed by atoms with Crippen molar-refractivity contribution in [3.05, 3.63) is 84.8 Å². The Morgan fingerprint density at radius 2 is 1.60 bits per heavy atom. The molecule has 43 heavy (non-hydrogen) atoms. The molecule has 2 heterocycles. The Kier molecular flexibility index (Phi) is 18.3. The molecule has 1 aliphatic heterocycles. The summed E-state index contributed by atoms with van der Waals surface area (Å²) in [6.07, 6.45) is 3.70. The molecule has 7 heteroatoms. The second kappa shape index (κ2) is 21.4. The molecule has 2 N–H and O–H groups in total. The van der Waals surface area contributed by atoms with Gasteiger partial charge in [-0.15, -0.1) is 0 Å². The van der Waals surface area contributed by atoms with E-state index in [-0.39, 0.29) is 24.7 Å². The van der Waals surface area contributed by atoms with E-state index in [1.165, 1.54) is 12.8 Å². The van der Waals surface area contributed by atoms with Gasteiger partial charge < -0.3 is 20.4 Å². The number of hydrogen-bond donors (Lipinski definition) is 2. The lowest BCUT2D eigenvalue weighted by Gasteiger charge is -2.31. The number of aryl methyl sites for hydroxylation is 1. The molecule has 0 saturated carbocycles. The third-order valence-electron chi connectivity index (χ3n) is 7.14. The second-order valence-corrected chi connectivity index (χ2v) is 10.3. The molecule has 0 atom stereocenters. The van der Waals surface area contributed by atoms with Crippen LogP contribution in [-0.4, -0.2) is 61.0 Å². The van der Waals surface area contributed by atoms with Gasteiger partial charge in [0.05, 0.1) is 5.52 Å². The number of piperidine rings is 1. The number of fused-ring (bicyclic) bond motifs is 1. The number of anilines is 2. The maximum Gasteiger partial charge on any atom is 0.224 e. The fourth-order valence-electron chi connectivity index (χ4n) is 4.53. The van der Waals surface area contributed by atoms with E-state index in [0.29, 0.717) is 6.54 Å². The number of rotatable bonds is 11. The van der Waals surface area contributed by atoms with E-state index < -0.39 is 0 Å². The Morgan fingerprint density at radius 1 is 0.977 bits per heavy atom. The van der Waals surface area contributed by atoms with Crippen LogP contribution >= 0.6 is 0 Å². The van der Waals surface area contributed by atoms with Gasteiger partial charge in [0.15, 0.2) is 0 Å². The molecule has 230 valence electrons. The highest BCUT2D eigenvalue weighted by Gasteiger charge is 2.18. The lowest BCUT2D eigenvalue weighted by atomic mass is 9.99. The zero-order chi connectivity index (χ0) is 32.0. The van der Waals surface area contributed by atoms with Crippen molar-refractivity contribution in [2.75, 3.05) is 49.5 Å². The van der Waals surface area contributed by atoms with E-state index in [0.717, 1.165) is 73.0 Å². The molecule has 1 aromatic carbocycles. The number of benzene rings is 1. The third kappa shape index (κ3) is 14.4. The molecule has 0 unspecified atom stereocenters. The summed E-state index contributed by atoms with van der Waals surface area (Å²) in [5.41, 5.74) is 14.5. The van der Waals surface area contributed by atoms with E-state index in [1.807, 2.05) is 18.2 Å². The average Bonchev–Trinajstić information content (AvgIpc) is 3.01. The van der Waals surface area contributed by atoms with Crippen molar-refractivity contribution in [2.24, 2.45) is 5.92 Å². The van der Waals surface area contributed by atoms with Gasteiger partial charge in [0.25, 0.3) is 0 Å². The smallest absolute Gasteiger partial charge is 0.224 e. The number of hydrogen-bond acceptors (Lipinski definition) is 5. The molecule has 3 rings (SSSR count). The number of aromatic nitrogens is 1. The third-order valence-corrected chi connectivity index (χ3v) is 7.14. The van der Waals surface area contributed by atoms with Crippen LogP contribution in [0.1, 0.15) is 58.4 Å². The van der Waals surface area contributed by atoms with Crippen LogP contribution in [-0.2, 0) is 9.59 Å². The maximum atomic E-state index is 12.4. The van der Waals surface area contributed by atoms with Gasteiger partial charge in [-0.05, 0) is 114 Å². The van der Waals surface area contributed by atoms with Crippen LogP contribution in [0.25, 0.3) is 10.9 Å².